The van der Waals surface area contributed by atoms with E-state index in [1.54, 1.807) is 6.92 Å². The van der Waals surface area contributed by atoms with E-state index in [-0.39, 0.29) is 11.3 Å². The fraction of sp³-hybridized carbons (Fsp3) is 0.417. The number of hydrogen-bond donors (Lipinski definition) is 2. The van der Waals surface area contributed by atoms with Gasteiger partial charge in [-0.25, -0.2) is 0 Å². The summed E-state index contributed by atoms with van der Waals surface area (Å²) in [5.74, 6) is -0.911. The molecule has 0 spiro atoms. The summed E-state index contributed by atoms with van der Waals surface area (Å²) in [6.45, 7) is 1.49. The zero-order chi connectivity index (χ0) is 16.0. The Bertz CT molecular complexity index is 532. The first-order valence-corrected chi connectivity index (χ1v) is 6.12. The van der Waals surface area contributed by atoms with Gasteiger partial charge in [0.1, 0.15) is 11.3 Å². The van der Waals surface area contributed by atoms with Crippen LogP contribution in [0.25, 0.3) is 0 Å². The lowest BCUT2D eigenvalue weighted by Gasteiger charge is -2.10. The second-order valence-corrected chi connectivity index (χ2v) is 4.11. The van der Waals surface area contributed by atoms with Crippen molar-refractivity contribution in [1.82, 2.24) is 5.32 Å². The molecule has 0 radical (unpaired) electrons. The van der Waals surface area contributed by atoms with Gasteiger partial charge in [-0.3, -0.25) is 14.9 Å². The summed E-state index contributed by atoms with van der Waals surface area (Å²) in [5.41, 5.74) is -0.588. The quantitative estimate of drug-likeness (QED) is 0.625. The van der Waals surface area contributed by atoms with E-state index in [1.165, 1.54) is 18.2 Å². The SMILES string of the molecule is CCNc1cccc(C(=O)NCCC(F)(F)F)c1[N+](=O)[O-]. The number of carbonyl (C=O) groups is 1. The Kier molecular flexibility index (Phi) is 5.51. The number of nitro groups is 1. The number of benzene rings is 1. The standard InChI is InChI=1S/C12H14F3N3O3/c1-2-16-9-5-3-4-8(10(9)18(20)21)11(19)17-7-6-12(13,14)15/h3-5,16H,2,6-7H2,1H3,(H,17,19). The van der Waals surface area contributed by atoms with Crippen molar-refractivity contribution in [1.29, 1.82) is 0 Å². The van der Waals surface area contributed by atoms with Crippen molar-refractivity contribution in [3.8, 4) is 0 Å². The summed E-state index contributed by atoms with van der Waals surface area (Å²) in [4.78, 5) is 22.1. The maximum absolute atomic E-state index is 12.0. The van der Waals surface area contributed by atoms with Gasteiger partial charge in [-0.05, 0) is 19.1 Å². The lowest BCUT2D eigenvalue weighted by Crippen LogP contribution is -2.28. The van der Waals surface area contributed by atoms with Crippen LogP contribution in [0.4, 0.5) is 24.5 Å². The van der Waals surface area contributed by atoms with Gasteiger partial charge in [-0.1, -0.05) is 6.07 Å². The molecule has 0 atom stereocenters. The predicted molar refractivity (Wildman–Crippen MR) is 70.3 cm³/mol. The van der Waals surface area contributed by atoms with Crippen LogP contribution < -0.4 is 10.6 Å². The average Bonchev–Trinajstić information content (AvgIpc) is 2.36. The molecule has 0 aliphatic heterocycles. The molecule has 2 N–H and O–H groups in total. The van der Waals surface area contributed by atoms with Gasteiger partial charge in [0.15, 0.2) is 0 Å². The second kappa shape index (κ2) is 6.91. The molecule has 1 amide bonds. The molecule has 116 valence electrons. The van der Waals surface area contributed by atoms with E-state index in [0.29, 0.717) is 6.54 Å². The summed E-state index contributed by atoms with van der Waals surface area (Å²) in [6.07, 6.45) is -5.59. The fourth-order valence-corrected chi connectivity index (χ4v) is 1.67. The molecular weight excluding hydrogens is 291 g/mol. The van der Waals surface area contributed by atoms with Gasteiger partial charge in [0, 0.05) is 13.1 Å². The maximum Gasteiger partial charge on any atom is 0.390 e. The largest absolute Gasteiger partial charge is 0.390 e. The van der Waals surface area contributed by atoms with E-state index in [1.807, 2.05) is 5.32 Å². The minimum absolute atomic E-state index is 0.144. The first-order chi connectivity index (χ1) is 9.76. The van der Waals surface area contributed by atoms with E-state index in [4.69, 9.17) is 0 Å². The third-order valence-electron chi connectivity index (χ3n) is 2.52. The van der Waals surface area contributed by atoms with E-state index in [0.717, 1.165) is 0 Å². The van der Waals surface area contributed by atoms with Gasteiger partial charge in [-0.15, -0.1) is 0 Å². The molecule has 1 rings (SSSR count). The van der Waals surface area contributed by atoms with Crippen LogP contribution in [-0.2, 0) is 0 Å². The average molecular weight is 305 g/mol. The molecule has 0 fully saturated rings. The summed E-state index contributed by atoms with van der Waals surface area (Å²) < 4.78 is 36.0. The Morgan fingerprint density at radius 2 is 2.05 bits per heavy atom. The number of alkyl halides is 3. The first-order valence-electron chi connectivity index (χ1n) is 6.12. The van der Waals surface area contributed by atoms with Gasteiger partial charge in [0.2, 0.25) is 0 Å². The number of anilines is 1. The molecular formula is C12H14F3N3O3. The van der Waals surface area contributed by atoms with Crippen molar-refractivity contribution in [3.05, 3.63) is 33.9 Å². The third kappa shape index (κ3) is 4.93. The van der Waals surface area contributed by atoms with Crippen LogP contribution in [0.15, 0.2) is 18.2 Å². The second-order valence-electron chi connectivity index (χ2n) is 4.11. The molecule has 0 bridgehead atoms. The normalized spacial score (nSPS) is 11.0. The Balaban J connectivity index is 2.93. The van der Waals surface area contributed by atoms with Crippen molar-refractivity contribution in [2.75, 3.05) is 18.4 Å². The van der Waals surface area contributed by atoms with Crippen LogP contribution in [0.2, 0.25) is 0 Å². The number of nitrogens with zero attached hydrogens (tertiary/aromatic N) is 1. The predicted octanol–water partition coefficient (Wildman–Crippen LogP) is 2.71. The minimum atomic E-state index is -4.40. The molecule has 9 heteroatoms. The minimum Gasteiger partial charge on any atom is -0.380 e. The van der Waals surface area contributed by atoms with Gasteiger partial charge in [0.25, 0.3) is 5.91 Å². The van der Waals surface area contributed by atoms with Crippen molar-refractivity contribution in [2.45, 2.75) is 19.5 Å². The molecule has 21 heavy (non-hydrogen) atoms. The summed E-state index contributed by atoms with van der Waals surface area (Å²) in [5, 5.41) is 15.8. The highest BCUT2D eigenvalue weighted by Gasteiger charge is 2.28. The topological polar surface area (TPSA) is 84.3 Å². The van der Waals surface area contributed by atoms with Gasteiger partial charge in [-0.2, -0.15) is 13.2 Å². The number of amides is 1. The summed E-state index contributed by atoms with van der Waals surface area (Å²) >= 11 is 0. The maximum atomic E-state index is 12.0. The van der Waals surface area contributed by atoms with E-state index >= 15 is 0 Å². The summed E-state index contributed by atoms with van der Waals surface area (Å²) in [7, 11) is 0. The fourth-order valence-electron chi connectivity index (χ4n) is 1.67. The highest BCUT2D eigenvalue weighted by atomic mass is 19.4. The summed E-state index contributed by atoms with van der Waals surface area (Å²) in [6, 6.07) is 4.04. The van der Waals surface area contributed by atoms with E-state index in [9.17, 15) is 28.1 Å². The van der Waals surface area contributed by atoms with Crippen LogP contribution >= 0.6 is 0 Å². The highest BCUT2D eigenvalue weighted by molar-refractivity contribution is 6.00. The van der Waals surface area contributed by atoms with E-state index < -0.39 is 35.7 Å². The van der Waals surface area contributed by atoms with Crippen LogP contribution in [-0.4, -0.2) is 30.1 Å². The number of nitrogens with one attached hydrogen (secondary N) is 2. The zero-order valence-corrected chi connectivity index (χ0v) is 11.2. The molecule has 0 saturated heterocycles. The Labute approximate surface area is 118 Å². The number of rotatable bonds is 6. The first kappa shape index (κ1) is 16.7. The Morgan fingerprint density at radius 1 is 1.38 bits per heavy atom. The number of nitro benzene ring substituents is 1. The van der Waals surface area contributed by atoms with Gasteiger partial charge in [0.05, 0.1) is 11.3 Å². The smallest absolute Gasteiger partial charge is 0.380 e. The van der Waals surface area contributed by atoms with Crippen molar-refractivity contribution in [2.24, 2.45) is 0 Å². The molecule has 1 aromatic rings. The monoisotopic (exact) mass is 305 g/mol. The van der Waals surface area contributed by atoms with Crippen molar-refractivity contribution in [3.63, 3.8) is 0 Å². The number of para-hydroxylation sites is 1. The molecule has 0 aliphatic rings. The lowest BCUT2D eigenvalue weighted by molar-refractivity contribution is -0.384. The van der Waals surface area contributed by atoms with Crippen LogP contribution in [0.3, 0.4) is 0 Å². The van der Waals surface area contributed by atoms with E-state index in [2.05, 4.69) is 5.32 Å². The Hall–Kier alpha value is -2.32. The molecule has 6 nitrogen and oxygen atoms in total. The molecule has 0 saturated carbocycles. The Morgan fingerprint density at radius 3 is 2.57 bits per heavy atom. The number of hydrogen-bond acceptors (Lipinski definition) is 4. The molecule has 0 aliphatic carbocycles. The van der Waals surface area contributed by atoms with Crippen molar-refractivity contribution < 1.29 is 22.9 Å². The van der Waals surface area contributed by atoms with Crippen LogP contribution in [0.5, 0.6) is 0 Å². The molecule has 0 heterocycles. The molecule has 0 unspecified atom stereocenters. The lowest BCUT2D eigenvalue weighted by atomic mass is 10.1. The number of halogens is 3. The third-order valence-corrected chi connectivity index (χ3v) is 2.52. The molecule has 1 aromatic carbocycles. The highest BCUT2D eigenvalue weighted by Crippen LogP contribution is 2.28. The van der Waals surface area contributed by atoms with Gasteiger partial charge < -0.3 is 10.6 Å². The van der Waals surface area contributed by atoms with Crippen LogP contribution in [0.1, 0.15) is 23.7 Å². The molecule has 0 aromatic heterocycles. The zero-order valence-electron chi connectivity index (χ0n) is 11.2. The van der Waals surface area contributed by atoms with Crippen LogP contribution in [0, 0.1) is 10.1 Å². The number of carbonyl (C=O) groups excluding carboxylic acids is 1. The van der Waals surface area contributed by atoms with Gasteiger partial charge >= 0.3 is 11.9 Å². The van der Waals surface area contributed by atoms with Crippen molar-refractivity contribution >= 4 is 17.3 Å².